The Kier molecular flexibility index (Phi) is 31.3. The fraction of sp³-hybridized carbons (Fsp3) is 1.00. The average molecular weight is 560 g/mol. The summed E-state index contributed by atoms with van der Waals surface area (Å²) in [7, 11) is -3.96. The van der Waals surface area contributed by atoms with Gasteiger partial charge in [0, 0.05) is 39.4 Å². The Labute approximate surface area is 218 Å². The maximum Gasteiger partial charge on any atom is 0.196 e. The van der Waals surface area contributed by atoms with Crippen LogP contribution in [0.4, 0.5) is 0 Å². The quantitative estimate of drug-likeness (QED) is 0.239. The van der Waals surface area contributed by atoms with Gasteiger partial charge in [0.25, 0.3) is 0 Å². The Morgan fingerprint density at radius 3 is 0.548 bits per heavy atom. The van der Waals surface area contributed by atoms with E-state index < -0.39 is 16.6 Å². The molecule has 0 fully saturated rings. The molecule has 0 saturated heterocycles. The molecule has 4 N–H and O–H groups in total. The van der Waals surface area contributed by atoms with Crippen LogP contribution in [0.3, 0.4) is 0 Å². The molecule has 0 unspecified atom stereocenters. The fourth-order valence-corrected chi connectivity index (χ4v) is 12.0. The Hall–Kier alpha value is 1.16. The van der Waals surface area contributed by atoms with E-state index in [4.69, 9.17) is 10.2 Å². The molecule has 0 rings (SSSR count). The smallest absolute Gasteiger partial charge is 0.196 e. The summed E-state index contributed by atoms with van der Waals surface area (Å²) >= 11 is 0. The van der Waals surface area contributed by atoms with Crippen molar-refractivity contribution in [3.05, 3.63) is 0 Å². The average Bonchev–Trinajstić information content (AvgIpc) is 2.66. The van der Waals surface area contributed by atoms with Gasteiger partial charge in [0.2, 0.25) is 0 Å². The van der Waals surface area contributed by atoms with Crippen molar-refractivity contribution in [1.29, 1.82) is 0 Å². The normalized spacial score (nSPS) is 11.6. The molecule has 0 saturated carbocycles. The monoisotopic (exact) mass is 558 g/mol. The fourth-order valence-electron chi connectivity index (χ4n) is 4.00. The van der Waals surface area contributed by atoms with E-state index >= 15 is 0 Å². The summed E-state index contributed by atoms with van der Waals surface area (Å²) in [6.07, 6.45) is 1.75. The van der Waals surface area contributed by atoms with Crippen LogP contribution >= 0.6 is 0 Å². The first-order chi connectivity index (χ1) is 13.5. The van der Waals surface area contributed by atoms with Crippen molar-refractivity contribution in [2.45, 2.75) is 143 Å². The molecule has 192 valence electrons. The number of hydrogen-bond acceptors (Lipinski definition) is 4. The van der Waals surface area contributed by atoms with Gasteiger partial charge in [-0.2, -0.15) is 0 Å². The van der Waals surface area contributed by atoms with Crippen LogP contribution in [-0.4, -0.2) is 49.7 Å². The molecule has 0 aromatic rings. The molecule has 0 aromatic heterocycles. The second-order valence-corrected chi connectivity index (χ2v) is 20.6. The predicted molar refractivity (Wildman–Crippen MR) is 141 cm³/mol. The summed E-state index contributed by atoms with van der Waals surface area (Å²) in [5.41, 5.74) is 2.85. The number of aliphatic hydroxyl groups excluding tert-OH is 2. The molecule has 0 aliphatic rings. The molecule has 0 aromatic carbocycles. The molecular weight excluding hydrogens is 500 g/mol. The molecule has 0 radical (unpaired) electrons. The van der Waals surface area contributed by atoms with Gasteiger partial charge in [-0.1, -0.05) is 96.9 Å². The molecule has 0 spiro atoms. The summed E-state index contributed by atoms with van der Waals surface area (Å²) in [6, 6.07) is 0. The van der Waals surface area contributed by atoms with Crippen LogP contribution < -0.4 is 0 Å². The van der Waals surface area contributed by atoms with Crippen LogP contribution in [0.5, 0.6) is 0 Å². The van der Waals surface area contributed by atoms with Gasteiger partial charge in [-0.3, -0.25) is 0 Å². The van der Waals surface area contributed by atoms with Gasteiger partial charge in [-0.25, -0.2) is 0 Å². The van der Waals surface area contributed by atoms with Gasteiger partial charge in [0.1, 0.15) is 0 Å². The van der Waals surface area contributed by atoms with Crippen molar-refractivity contribution in [1.82, 2.24) is 0 Å². The van der Waals surface area contributed by atoms with Gasteiger partial charge in [-0.05, 0) is 46.1 Å². The van der Waals surface area contributed by atoms with Gasteiger partial charge >= 0.3 is 0 Å². The molecule has 0 bridgehead atoms. The van der Waals surface area contributed by atoms with Gasteiger partial charge < -0.3 is 19.8 Å². The summed E-state index contributed by atoms with van der Waals surface area (Å²) in [4.78, 5) is 20.8. The minimum atomic E-state index is -1.98. The molecule has 4 nitrogen and oxygen atoms in total. The Morgan fingerprint density at radius 1 is 0.452 bits per heavy atom. The number of aliphatic hydroxyl groups is 2. The van der Waals surface area contributed by atoms with E-state index in [2.05, 4.69) is 83.1 Å². The molecule has 31 heavy (non-hydrogen) atoms. The third-order valence-electron chi connectivity index (χ3n) is 6.00. The molecule has 0 heterocycles. The van der Waals surface area contributed by atoms with Gasteiger partial charge in [0.15, 0.2) is 16.6 Å². The van der Waals surface area contributed by atoms with E-state index in [-0.39, 0.29) is 26.2 Å². The van der Waals surface area contributed by atoms with Crippen LogP contribution in [0.15, 0.2) is 0 Å². The molecule has 0 aliphatic carbocycles. The molecule has 0 amide bonds. The molecule has 0 atom stereocenters. The maximum absolute atomic E-state index is 10.4. The topological polar surface area (TPSA) is 80.9 Å². The van der Waals surface area contributed by atoms with Crippen molar-refractivity contribution in [2.75, 3.05) is 13.2 Å². The van der Waals surface area contributed by atoms with Crippen molar-refractivity contribution in [3.63, 3.8) is 0 Å². The van der Waals surface area contributed by atoms with Crippen molar-refractivity contribution in [3.8, 4) is 0 Å². The zero-order valence-electron chi connectivity index (χ0n) is 23.6. The Balaban J connectivity index is -0.000000106. The second kappa shape index (κ2) is 22.9. The molecular formula is C24H60O4Si2Zr. The summed E-state index contributed by atoms with van der Waals surface area (Å²) < 4.78 is 0. The second-order valence-electron chi connectivity index (χ2n) is 10.2. The van der Waals surface area contributed by atoms with Crippen LogP contribution in [0, 0.1) is 0 Å². The minimum absolute atomic E-state index is 0. The van der Waals surface area contributed by atoms with Gasteiger partial charge in [-0.15, -0.1) is 0 Å². The third kappa shape index (κ3) is 17.3. The maximum atomic E-state index is 10.4. The van der Waals surface area contributed by atoms with E-state index in [1.54, 1.807) is 0 Å². The van der Waals surface area contributed by atoms with E-state index in [0.29, 0.717) is 46.5 Å². The van der Waals surface area contributed by atoms with Crippen LogP contribution in [-0.2, 0) is 26.2 Å². The summed E-state index contributed by atoms with van der Waals surface area (Å²) in [6.45, 7) is 30.2. The molecule has 7 heteroatoms. The largest absolute Gasteiger partial charge is 0.431 e. The van der Waals surface area contributed by atoms with Crippen molar-refractivity contribution in [2.24, 2.45) is 0 Å². The minimum Gasteiger partial charge on any atom is -0.431 e. The van der Waals surface area contributed by atoms with Crippen molar-refractivity contribution >= 4 is 16.6 Å². The standard InChI is InChI=1S/2C9H22OSi.2C3H8O.Zr/c2*1-7(2)11(10,8(3)4)9(5)6;2*1-2-3-4;/h2*7-10H,1-6H3;2*4H,2-3H2,1H3;. The predicted octanol–water partition coefficient (Wildman–Crippen LogP) is 7.08. The number of hydrogen-bond donors (Lipinski definition) is 4. The summed E-state index contributed by atoms with van der Waals surface area (Å²) in [5, 5.41) is 15.8. The van der Waals surface area contributed by atoms with E-state index in [1.807, 2.05) is 13.8 Å². The first kappa shape index (κ1) is 42.3. The van der Waals surface area contributed by atoms with Crippen LogP contribution in [0.25, 0.3) is 0 Å². The van der Waals surface area contributed by atoms with E-state index in [1.165, 1.54) is 0 Å². The first-order valence-electron chi connectivity index (χ1n) is 12.2. The zero-order valence-corrected chi connectivity index (χ0v) is 28.0. The van der Waals surface area contributed by atoms with E-state index in [9.17, 15) is 9.59 Å². The SMILES string of the molecule is CC(C)[Si](O)(C(C)C)C(C)C.CC(C)[Si](O)(C(C)C)C(C)C.CCCO.CCCO.[Zr]. The first-order valence-corrected chi connectivity index (χ1v) is 16.5. The van der Waals surface area contributed by atoms with Crippen LogP contribution in [0.1, 0.15) is 110 Å². The number of rotatable bonds is 8. The van der Waals surface area contributed by atoms with Crippen molar-refractivity contribution < 1.29 is 46.0 Å². The molecule has 0 aliphatic heterocycles. The Bertz CT molecular complexity index is 282. The zero-order chi connectivity index (χ0) is 25.3. The van der Waals surface area contributed by atoms with E-state index in [0.717, 1.165) is 12.8 Å². The summed E-state index contributed by atoms with van der Waals surface area (Å²) in [5.74, 6) is 0. The third-order valence-corrected chi connectivity index (χ3v) is 17.1. The Morgan fingerprint density at radius 2 is 0.548 bits per heavy atom. The van der Waals surface area contributed by atoms with Gasteiger partial charge in [0.05, 0.1) is 0 Å². The van der Waals surface area contributed by atoms with Crippen LogP contribution in [0.2, 0.25) is 33.2 Å².